The highest BCUT2D eigenvalue weighted by molar-refractivity contribution is 5.93. The van der Waals surface area contributed by atoms with E-state index in [1.54, 1.807) is 11.8 Å². The number of ether oxygens (including phenoxy) is 2. The summed E-state index contributed by atoms with van der Waals surface area (Å²) in [5.41, 5.74) is 1.97. The van der Waals surface area contributed by atoms with Gasteiger partial charge in [-0.15, -0.1) is 5.10 Å². The number of hydrogen-bond donors (Lipinski definition) is 0. The summed E-state index contributed by atoms with van der Waals surface area (Å²) in [7, 11) is 1.63. The SMILES string of the molecule is COc1cccc(-n2nnc(C(=O)N3CCN(CC4CCCO4)CC3)c2C)c1. The van der Waals surface area contributed by atoms with Gasteiger partial charge in [0.1, 0.15) is 5.75 Å². The molecule has 1 unspecified atom stereocenters. The molecule has 150 valence electrons. The number of carbonyl (C=O) groups is 1. The quantitative estimate of drug-likeness (QED) is 0.777. The lowest BCUT2D eigenvalue weighted by atomic mass is 10.2. The molecular formula is C20H27N5O3. The molecular weight excluding hydrogens is 358 g/mol. The molecule has 3 heterocycles. The van der Waals surface area contributed by atoms with Crippen molar-refractivity contribution in [3.8, 4) is 11.4 Å². The maximum absolute atomic E-state index is 13.0. The van der Waals surface area contributed by atoms with Gasteiger partial charge in [-0.25, -0.2) is 4.68 Å². The molecule has 2 saturated heterocycles. The number of hydrogen-bond acceptors (Lipinski definition) is 6. The molecule has 0 saturated carbocycles. The summed E-state index contributed by atoms with van der Waals surface area (Å²) in [4.78, 5) is 17.2. The van der Waals surface area contributed by atoms with E-state index < -0.39 is 0 Å². The first-order valence-electron chi connectivity index (χ1n) is 9.85. The molecule has 0 spiro atoms. The van der Waals surface area contributed by atoms with E-state index >= 15 is 0 Å². The van der Waals surface area contributed by atoms with Crippen molar-refractivity contribution in [2.45, 2.75) is 25.9 Å². The molecule has 0 N–H and O–H groups in total. The van der Waals surface area contributed by atoms with E-state index in [1.807, 2.05) is 36.1 Å². The van der Waals surface area contributed by atoms with Gasteiger partial charge >= 0.3 is 0 Å². The zero-order chi connectivity index (χ0) is 19.5. The molecule has 1 atom stereocenters. The second-order valence-electron chi connectivity index (χ2n) is 7.36. The molecule has 2 fully saturated rings. The first-order chi connectivity index (χ1) is 13.7. The van der Waals surface area contributed by atoms with Gasteiger partial charge in [-0.1, -0.05) is 11.3 Å². The van der Waals surface area contributed by atoms with Gasteiger partial charge in [0, 0.05) is 45.4 Å². The molecule has 2 aliphatic heterocycles. The highest BCUT2D eigenvalue weighted by atomic mass is 16.5. The van der Waals surface area contributed by atoms with E-state index in [0.29, 0.717) is 24.9 Å². The maximum Gasteiger partial charge on any atom is 0.276 e. The van der Waals surface area contributed by atoms with Crippen molar-refractivity contribution in [1.29, 1.82) is 0 Å². The van der Waals surface area contributed by atoms with Crippen molar-refractivity contribution in [2.24, 2.45) is 0 Å². The van der Waals surface area contributed by atoms with Gasteiger partial charge < -0.3 is 14.4 Å². The first-order valence-corrected chi connectivity index (χ1v) is 9.85. The summed E-state index contributed by atoms with van der Waals surface area (Å²) in [5, 5.41) is 8.37. The second-order valence-corrected chi connectivity index (χ2v) is 7.36. The summed E-state index contributed by atoms with van der Waals surface area (Å²) in [6, 6.07) is 7.56. The highest BCUT2D eigenvalue weighted by Crippen LogP contribution is 2.19. The molecule has 0 aliphatic carbocycles. The van der Waals surface area contributed by atoms with E-state index in [9.17, 15) is 4.79 Å². The second kappa shape index (κ2) is 8.28. The lowest BCUT2D eigenvalue weighted by Gasteiger charge is -2.35. The van der Waals surface area contributed by atoms with Crippen molar-refractivity contribution in [2.75, 3.05) is 46.4 Å². The largest absolute Gasteiger partial charge is 0.497 e. The van der Waals surface area contributed by atoms with Crippen molar-refractivity contribution < 1.29 is 14.3 Å². The van der Waals surface area contributed by atoms with Crippen LogP contribution >= 0.6 is 0 Å². The van der Waals surface area contributed by atoms with Crippen LogP contribution in [0.4, 0.5) is 0 Å². The summed E-state index contributed by atoms with van der Waals surface area (Å²) in [5.74, 6) is 0.686. The van der Waals surface area contributed by atoms with Gasteiger partial charge in [0.05, 0.1) is 24.6 Å². The van der Waals surface area contributed by atoms with Crippen molar-refractivity contribution in [1.82, 2.24) is 24.8 Å². The maximum atomic E-state index is 13.0. The zero-order valence-corrected chi connectivity index (χ0v) is 16.5. The summed E-state index contributed by atoms with van der Waals surface area (Å²) < 4.78 is 12.7. The van der Waals surface area contributed by atoms with Crippen LogP contribution in [-0.4, -0.2) is 83.2 Å². The normalized spacial score (nSPS) is 20.5. The van der Waals surface area contributed by atoms with Gasteiger partial charge in [0.2, 0.25) is 0 Å². The third-order valence-corrected chi connectivity index (χ3v) is 5.54. The van der Waals surface area contributed by atoms with Crippen LogP contribution in [0, 0.1) is 6.92 Å². The van der Waals surface area contributed by atoms with Gasteiger partial charge in [-0.2, -0.15) is 0 Å². The van der Waals surface area contributed by atoms with Crippen LogP contribution < -0.4 is 4.74 Å². The Bertz CT molecular complexity index is 823. The van der Waals surface area contributed by atoms with Gasteiger partial charge in [-0.3, -0.25) is 9.69 Å². The molecule has 1 aromatic heterocycles. The third kappa shape index (κ3) is 3.88. The number of methoxy groups -OCH3 is 1. The monoisotopic (exact) mass is 385 g/mol. The van der Waals surface area contributed by atoms with E-state index in [0.717, 1.165) is 56.2 Å². The number of nitrogens with zero attached hydrogens (tertiary/aromatic N) is 5. The topological polar surface area (TPSA) is 72.7 Å². The van der Waals surface area contributed by atoms with E-state index in [1.165, 1.54) is 0 Å². The number of amides is 1. The number of carbonyl (C=O) groups excluding carboxylic acids is 1. The predicted molar refractivity (Wildman–Crippen MR) is 104 cm³/mol. The molecule has 1 aromatic carbocycles. The molecule has 2 aliphatic rings. The first kappa shape index (κ1) is 18.9. The minimum Gasteiger partial charge on any atom is -0.497 e. The highest BCUT2D eigenvalue weighted by Gasteiger charge is 2.28. The Hall–Kier alpha value is -2.45. The fourth-order valence-electron chi connectivity index (χ4n) is 3.87. The number of benzene rings is 1. The molecule has 8 nitrogen and oxygen atoms in total. The smallest absolute Gasteiger partial charge is 0.276 e. The van der Waals surface area contributed by atoms with Crippen LogP contribution in [0.15, 0.2) is 24.3 Å². The fraction of sp³-hybridized carbons (Fsp3) is 0.550. The van der Waals surface area contributed by atoms with E-state index in [4.69, 9.17) is 9.47 Å². The third-order valence-electron chi connectivity index (χ3n) is 5.54. The number of rotatable bonds is 5. The van der Waals surface area contributed by atoms with Crippen molar-refractivity contribution in [3.63, 3.8) is 0 Å². The Morgan fingerprint density at radius 3 is 2.82 bits per heavy atom. The molecule has 2 aromatic rings. The van der Waals surface area contributed by atoms with Crippen molar-refractivity contribution >= 4 is 5.91 Å². The van der Waals surface area contributed by atoms with Crippen LogP contribution in [-0.2, 0) is 4.74 Å². The van der Waals surface area contributed by atoms with E-state index in [-0.39, 0.29) is 5.91 Å². The molecule has 0 radical (unpaired) electrons. The lowest BCUT2D eigenvalue weighted by molar-refractivity contribution is 0.0429. The molecule has 4 rings (SSSR count). The average molecular weight is 385 g/mol. The van der Waals surface area contributed by atoms with Crippen LogP contribution in [0.2, 0.25) is 0 Å². The van der Waals surface area contributed by atoms with Crippen LogP contribution in [0.25, 0.3) is 5.69 Å². The van der Waals surface area contributed by atoms with Crippen molar-refractivity contribution in [3.05, 3.63) is 35.7 Å². The Balaban J connectivity index is 1.41. The summed E-state index contributed by atoms with van der Waals surface area (Å²) in [6.45, 7) is 6.87. The Labute approximate surface area is 165 Å². The lowest BCUT2D eigenvalue weighted by Crippen LogP contribution is -2.50. The molecule has 8 heteroatoms. The van der Waals surface area contributed by atoms with E-state index in [2.05, 4.69) is 15.2 Å². The Morgan fingerprint density at radius 1 is 1.29 bits per heavy atom. The summed E-state index contributed by atoms with van der Waals surface area (Å²) >= 11 is 0. The van der Waals surface area contributed by atoms with Crippen LogP contribution in [0.3, 0.4) is 0 Å². The Morgan fingerprint density at radius 2 is 2.11 bits per heavy atom. The molecule has 0 bridgehead atoms. The zero-order valence-electron chi connectivity index (χ0n) is 16.5. The van der Waals surface area contributed by atoms with Crippen LogP contribution in [0.1, 0.15) is 29.0 Å². The predicted octanol–water partition coefficient (Wildman–Crippen LogP) is 1.52. The van der Waals surface area contributed by atoms with Crippen LogP contribution in [0.5, 0.6) is 5.75 Å². The van der Waals surface area contributed by atoms with Gasteiger partial charge in [0.25, 0.3) is 5.91 Å². The van der Waals surface area contributed by atoms with Gasteiger partial charge in [-0.05, 0) is 31.9 Å². The standard InChI is InChI=1S/C20H27N5O3/c1-15-19(21-22-25(15)16-5-3-6-17(13-16)27-2)20(26)24-10-8-23(9-11-24)14-18-7-4-12-28-18/h3,5-6,13,18H,4,7-12,14H2,1-2H3. The summed E-state index contributed by atoms with van der Waals surface area (Å²) in [6.07, 6.45) is 2.66. The number of aromatic nitrogens is 3. The molecule has 28 heavy (non-hydrogen) atoms. The fourth-order valence-corrected chi connectivity index (χ4v) is 3.87. The minimum atomic E-state index is -0.0524. The average Bonchev–Trinajstić information content (AvgIpc) is 3.37. The minimum absolute atomic E-state index is 0.0524. The van der Waals surface area contributed by atoms with Gasteiger partial charge in [0.15, 0.2) is 5.69 Å². The molecule has 1 amide bonds. The Kier molecular flexibility index (Phi) is 5.59. The number of piperazine rings is 1.